The van der Waals surface area contributed by atoms with Crippen LogP contribution in [-0.2, 0) is 16.1 Å². The zero-order valence-electron chi connectivity index (χ0n) is 17.7. The fourth-order valence-corrected chi connectivity index (χ4v) is 6.09. The summed E-state index contributed by atoms with van der Waals surface area (Å²) in [6.07, 6.45) is 3.59. The molecule has 1 aromatic heterocycles. The lowest BCUT2D eigenvalue weighted by molar-refractivity contribution is -0.125. The molecular formula is C25H31NO2S. The lowest BCUT2D eigenvalue weighted by atomic mass is 9.83. The number of aryl methyl sites for hydroxylation is 3. The van der Waals surface area contributed by atoms with Crippen LogP contribution in [0.4, 0.5) is 0 Å². The molecule has 2 unspecified atom stereocenters. The summed E-state index contributed by atoms with van der Waals surface area (Å²) in [6, 6.07) is 6.40. The molecule has 0 spiro atoms. The third kappa shape index (κ3) is 4.39. The van der Waals surface area contributed by atoms with Crippen LogP contribution in [0, 0.1) is 32.6 Å². The van der Waals surface area contributed by atoms with Crippen molar-refractivity contribution >= 4 is 22.9 Å². The van der Waals surface area contributed by atoms with Gasteiger partial charge in [0.1, 0.15) is 11.7 Å². The Morgan fingerprint density at radius 3 is 2.38 bits per heavy atom. The first-order valence-corrected chi connectivity index (χ1v) is 11.7. The van der Waals surface area contributed by atoms with Gasteiger partial charge in [-0.1, -0.05) is 17.7 Å². The van der Waals surface area contributed by atoms with Crippen LogP contribution in [-0.4, -0.2) is 29.6 Å². The van der Waals surface area contributed by atoms with E-state index in [1.165, 1.54) is 11.1 Å². The van der Waals surface area contributed by atoms with Gasteiger partial charge in [0.2, 0.25) is 0 Å². The van der Waals surface area contributed by atoms with Gasteiger partial charge in [-0.2, -0.15) is 11.3 Å². The van der Waals surface area contributed by atoms with Crippen LogP contribution in [0.5, 0.6) is 0 Å². The normalized spacial score (nSPS) is 23.8. The molecule has 1 saturated carbocycles. The Balaban J connectivity index is 1.38. The van der Waals surface area contributed by atoms with Crippen molar-refractivity contribution in [3.8, 4) is 0 Å². The van der Waals surface area contributed by atoms with E-state index in [-0.39, 0.29) is 17.5 Å². The number of hydrogen-bond donors (Lipinski definition) is 0. The smallest absolute Gasteiger partial charge is 0.151 e. The highest BCUT2D eigenvalue weighted by atomic mass is 32.1. The number of ketones is 2. The van der Waals surface area contributed by atoms with Crippen molar-refractivity contribution in [1.29, 1.82) is 0 Å². The third-order valence-electron chi connectivity index (χ3n) is 6.79. The molecule has 2 heterocycles. The summed E-state index contributed by atoms with van der Waals surface area (Å²) in [5.41, 5.74) is 5.72. The highest BCUT2D eigenvalue weighted by Crippen LogP contribution is 2.40. The van der Waals surface area contributed by atoms with E-state index in [4.69, 9.17) is 0 Å². The fourth-order valence-electron chi connectivity index (χ4n) is 5.43. The average molecular weight is 410 g/mol. The molecule has 3 nitrogen and oxygen atoms in total. The van der Waals surface area contributed by atoms with E-state index < -0.39 is 5.92 Å². The van der Waals surface area contributed by atoms with Gasteiger partial charge in [0.15, 0.2) is 5.78 Å². The Kier molecular flexibility index (Phi) is 6.03. The third-order valence-corrected chi connectivity index (χ3v) is 7.53. The molecular weight excluding hydrogens is 378 g/mol. The van der Waals surface area contributed by atoms with Crippen LogP contribution in [0.15, 0.2) is 29.0 Å². The van der Waals surface area contributed by atoms with Crippen LogP contribution in [0.2, 0.25) is 0 Å². The predicted octanol–water partition coefficient (Wildman–Crippen LogP) is 5.22. The van der Waals surface area contributed by atoms with Gasteiger partial charge in [-0.05, 0) is 98.1 Å². The number of hydrogen-bond acceptors (Lipinski definition) is 4. The van der Waals surface area contributed by atoms with Crippen molar-refractivity contribution in [2.24, 2.45) is 11.8 Å². The molecule has 1 aliphatic carbocycles. The summed E-state index contributed by atoms with van der Waals surface area (Å²) < 4.78 is 0. The number of likely N-dealkylation sites (tertiary alicyclic amines) is 1. The summed E-state index contributed by atoms with van der Waals surface area (Å²) >= 11 is 1.76. The number of thiophene rings is 1. The Hall–Kier alpha value is -1.78. The summed E-state index contributed by atoms with van der Waals surface area (Å²) in [4.78, 5) is 28.6. The fraction of sp³-hybridized carbons (Fsp3) is 0.520. The quantitative estimate of drug-likeness (QED) is 0.636. The van der Waals surface area contributed by atoms with E-state index in [1.54, 1.807) is 11.3 Å². The van der Waals surface area contributed by atoms with Crippen LogP contribution in [0.25, 0.3) is 0 Å². The summed E-state index contributed by atoms with van der Waals surface area (Å²) in [6.45, 7) is 9.35. The first kappa shape index (κ1) is 20.5. The summed E-state index contributed by atoms with van der Waals surface area (Å²) in [5, 5.41) is 4.36. The van der Waals surface area contributed by atoms with Crippen LogP contribution < -0.4 is 0 Å². The van der Waals surface area contributed by atoms with Gasteiger partial charge in [0.05, 0.1) is 0 Å². The maximum absolute atomic E-state index is 13.2. The van der Waals surface area contributed by atoms with Gasteiger partial charge in [0.25, 0.3) is 0 Å². The highest BCUT2D eigenvalue weighted by Gasteiger charge is 2.43. The molecule has 1 aromatic carbocycles. The first-order chi connectivity index (χ1) is 13.9. The Bertz CT molecular complexity index is 871. The molecule has 1 aliphatic heterocycles. The van der Waals surface area contributed by atoms with Crippen LogP contribution >= 0.6 is 11.3 Å². The van der Waals surface area contributed by atoms with Gasteiger partial charge >= 0.3 is 0 Å². The van der Waals surface area contributed by atoms with Crippen molar-refractivity contribution in [3.63, 3.8) is 0 Å². The Labute approximate surface area is 178 Å². The number of carbonyl (C=O) groups excluding carboxylic acids is 2. The summed E-state index contributed by atoms with van der Waals surface area (Å²) in [7, 11) is 0. The van der Waals surface area contributed by atoms with Crippen molar-refractivity contribution in [2.45, 2.75) is 58.9 Å². The SMILES string of the molecule is Cc1cc(C)c(C2C(=O)CC(CC3CCN(Cc4ccsc4)CC3)C2=O)c(C)c1. The molecule has 154 valence electrons. The number of carbonyl (C=O) groups is 2. The number of benzene rings is 1. The van der Waals surface area contributed by atoms with E-state index in [0.717, 1.165) is 55.6 Å². The van der Waals surface area contributed by atoms with Gasteiger partial charge in [-0.25, -0.2) is 0 Å². The standard InChI is InChI=1S/C25H31NO2S/c1-16-10-17(2)23(18(3)11-16)24-22(27)13-21(25(24)28)12-19-4-7-26(8-5-19)14-20-6-9-29-15-20/h6,9-11,15,19,21,24H,4-5,7-8,12-14H2,1-3H3. The molecule has 2 aromatic rings. The van der Waals surface area contributed by atoms with Crippen LogP contribution in [0.1, 0.15) is 59.4 Å². The molecule has 0 N–H and O–H groups in total. The van der Waals surface area contributed by atoms with Gasteiger partial charge < -0.3 is 0 Å². The molecule has 0 amide bonds. The second-order valence-corrected chi connectivity index (χ2v) is 9.88. The first-order valence-electron chi connectivity index (χ1n) is 10.8. The molecule has 2 aliphatic rings. The molecule has 4 heteroatoms. The van der Waals surface area contributed by atoms with E-state index in [2.05, 4.69) is 40.8 Å². The second-order valence-electron chi connectivity index (χ2n) is 9.10. The zero-order chi connectivity index (χ0) is 20.5. The minimum Gasteiger partial charge on any atom is -0.299 e. The Morgan fingerprint density at radius 1 is 1.07 bits per heavy atom. The average Bonchev–Trinajstić information content (AvgIpc) is 3.26. The van der Waals surface area contributed by atoms with Crippen molar-refractivity contribution in [2.75, 3.05) is 13.1 Å². The van der Waals surface area contributed by atoms with E-state index in [0.29, 0.717) is 12.3 Å². The minimum absolute atomic E-state index is 0.0824. The van der Waals surface area contributed by atoms with Gasteiger partial charge in [0, 0.05) is 18.9 Å². The van der Waals surface area contributed by atoms with E-state index in [9.17, 15) is 9.59 Å². The largest absolute Gasteiger partial charge is 0.299 e. The lowest BCUT2D eigenvalue weighted by Crippen LogP contribution is -2.34. The topological polar surface area (TPSA) is 37.4 Å². The predicted molar refractivity (Wildman–Crippen MR) is 118 cm³/mol. The van der Waals surface area contributed by atoms with Crippen LogP contribution in [0.3, 0.4) is 0 Å². The molecule has 2 atom stereocenters. The molecule has 1 saturated heterocycles. The van der Waals surface area contributed by atoms with Gasteiger partial charge in [-0.3, -0.25) is 14.5 Å². The molecule has 2 fully saturated rings. The minimum atomic E-state index is -0.528. The second kappa shape index (κ2) is 8.53. The number of rotatable bonds is 5. The highest BCUT2D eigenvalue weighted by molar-refractivity contribution is 7.07. The maximum atomic E-state index is 13.2. The number of piperidine rings is 1. The monoisotopic (exact) mass is 409 g/mol. The molecule has 0 bridgehead atoms. The maximum Gasteiger partial charge on any atom is 0.151 e. The molecule has 4 rings (SSSR count). The van der Waals surface area contributed by atoms with E-state index >= 15 is 0 Å². The molecule has 29 heavy (non-hydrogen) atoms. The van der Waals surface area contributed by atoms with E-state index in [1.807, 2.05) is 13.8 Å². The molecule has 0 radical (unpaired) electrons. The zero-order valence-corrected chi connectivity index (χ0v) is 18.6. The number of nitrogens with zero attached hydrogens (tertiary/aromatic N) is 1. The van der Waals surface area contributed by atoms with Crippen molar-refractivity contribution in [3.05, 3.63) is 56.8 Å². The summed E-state index contributed by atoms with van der Waals surface area (Å²) in [5.74, 6) is 0.255. The van der Waals surface area contributed by atoms with Crippen molar-refractivity contribution < 1.29 is 9.59 Å². The van der Waals surface area contributed by atoms with Crippen molar-refractivity contribution in [1.82, 2.24) is 4.90 Å². The number of Topliss-reactive ketones (excluding diaryl/α,β-unsaturated/α-hetero) is 2. The Morgan fingerprint density at radius 2 is 1.76 bits per heavy atom. The lowest BCUT2D eigenvalue weighted by Gasteiger charge is -2.32. The van der Waals surface area contributed by atoms with Gasteiger partial charge in [-0.15, -0.1) is 0 Å².